The molecule has 1 aliphatic heterocycles. The van der Waals surface area contributed by atoms with E-state index in [9.17, 15) is 14.3 Å². The Hall–Kier alpha value is -0.840. The lowest BCUT2D eigenvalue weighted by molar-refractivity contribution is -0.0991. The van der Waals surface area contributed by atoms with Crippen LogP contribution in [0.3, 0.4) is 0 Å². The monoisotopic (exact) mass is 259 g/mol. The van der Waals surface area contributed by atoms with Gasteiger partial charge in [-0.3, -0.25) is 0 Å². The maximum Gasteiger partial charge on any atom is 0.410 e. The molecule has 0 bridgehead atoms. The van der Waals surface area contributed by atoms with Gasteiger partial charge >= 0.3 is 6.09 Å². The number of carbonyl (C=O) groups is 1. The van der Waals surface area contributed by atoms with Crippen LogP contribution in [0.2, 0.25) is 0 Å². The standard InChI is InChI=1S/C13H22FNO3/c1-12(2,3)18-11(16)15-7-6-13(17,9-4-5-9)10(14)8-15/h9-10,17H,4-8H2,1-3H3/t10-,13-/m1/s1. The number of likely N-dealkylation sites (tertiary alicyclic amines) is 1. The summed E-state index contributed by atoms with van der Waals surface area (Å²) in [5, 5.41) is 10.3. The van der Waals surface area contributed by atoms with Gasteiger partial charge in [0.05, 0.1) is 6.54 Å². The van der Waals surface area contributed by atoms with E-state index in [0.29, 0.717) is 13.0 Å². The molecule has 2 rings (SSSR count). The zero-order valence-corrected chi connectivity index (χ0v) is 11.3. The van der Waals surface area contributed by atoms with Crippen molar-refractivity contribution in [3.8, 4) is 0 Å². The summed E-state index contributed by atoms with van der Waals surface area (Å²) in [6, 6.07) is 0. The number of nitrogens with zero attached hydrogens (tertiary/aromatic N) is 1. The van der Waals surface area contributed by atoms with E-state index < -0.39 is 23.5 Å². The van der Waals surface area contributed by atoms with Gasteiger partial charge in [0.25, 0.3) is 0 Å². The van der Waals surface area contributed by atoms with Crippen LogP contribution in [0.4, 0.5) is 9.18 Å². The number of carbonyl (C=O) groups excluding carboxylic acids is 1. The first kappa shape index (κ1) is 13.6. The van der Waals surface area contributed by atoms with Gasteiger partial charge in [-0.1, -0.05) is 0 Å². The van der Waals surface area contributed by atoms with E-state index in [4.69, 9.17) is 4.74 Å². The molecule has 0 aromatic rings. The van der Waals surface area contributed by atoms with Gasteiger partial charge in [-0.2, -0.15) is 0 Å². The van der Waals surface area contributed by atoms with E-state index >= 15 is 0 Å². The van der Waals surface area contributed by atoms with Crippen molar-refractivity contribution in [1.29, 1.82) is 0 Å². The summed E-state index contributed by atoms with van der Waals surface area (Å²) in [6.45, 7) is 5.64. The Kier molecular flexibility index (Phi) is 3.30. The van der Waals surface area contributed by atoms with Crippen molar-refractivity contribution < 1.29 is 19.0 Å². The molecule has 1 aliphatic carbocycles. The van der Waals surface area contributed by atoms with Gasteiger partial charge in [-0.05, 0) is 46.0 Å². The Morgan fingerprint density at radius 2 is 2.06 bits per heavy atom. The van der Waals surface area contributed by atoms with E-state index in [1.165, 1.54) is 4.90 Å². The fourth-order valence-corrected chi connectivity index (χ4v) is 2.45. The number of ether oxygens (including phenoxy) is 1. The Morgan fingerprint density at radius 1 is 1.44 bits per heavy atom. The molecule has 0 unspecified atom stereocenters. The lowest BCUT2D eigenvalue weighted by Crippen LogP contribution is -2.56. The predicted molar refractivity (Wildman–Crippen MR) is 65.0 cm³/mol. The summed E-state index contributed by atoms with van der Waals surface area (Å²) in [7, 11) is 0. The third-order valence-electron chi connectivity index (χ3n) is 3.64. The first-order valence-corrected chi connectivity index (χ1v) is 6.57. The lowest BCUT2D eigenvalue weighted by atomic mass is 9.85. The smallest absolute Gasteiger partial charge is 0.410 e. The van der Waals surface area contributed by atoms with E-state index in [1.807, 2.05) is 0 Å². The first-order chi connectivity index (χ1) is 8.22. The summed E-state index contributed by atoms with van der Waals surface area (Å²) < 4.78 is 19.3. The van der Waals surface area contributed by atoms with Gasteiger partial charge in [-0.15, -0.1) is 0 Å². The molecule has 0 spiro atoms. The summed E-state index contributed by atoms with van der Waals surface area (Å²) in [6.07, 6.45) is 0.222. The Balaban J connectivity index is 1.93. The molecule has 2 aliphatic rings. The van der Waals surface area contributed by atoms with Gasteiger partial charge < -0.3 is 14.7 Å². The van der Waals surface area contributed by atoms with Crippen LogP contribution < -0.4 is 0 Å². The van der Waals surface area contributed by atoms with Crippen molar-refractivity contribution in [2.24, 2.45) is 5.92 Å². The number of halogens is 1. The molecular formula is C13H22FNO3. The number of piperidine rings is 1. The van der Waals surface area contributed by atoms with Crippen LogP contribution in [-0.4, -0.2) is 46.6 Å². The van der Waals surface area contributed by atoms with Crippen molar-refractivity contribution in [2.45, 2.75) is 57.4 Å². The van der Waals surface area contributed by atoms with Crippen molar-refractivity contribution in [1.82, 2.24) is 4.90 Å². The zero-order valence-electron chi connectivity index (χ0n) is 11.3. The molecule has 2 fully saturated rings. The highest BCUT2D eigenvalue weighted by molar-refractivity contribution is 5.68. The highest BCUT2D eigenvalue weighted by Crippen LogP contribution is 2.46. The zero-order chi connectivity index (χ0) is 13.6. The molecule has 0 radical (unpaired) electrons. The van der Waals surface area contributed by atoms with Crippen LogP contribution in [0.5, 0.6) is 0 Å². The molecule has 4 nitrogen and oxygen atoms in total. The number of aliphatic hydroxyl groups is 1. The molecule has 2 atom stereocenters. The molecular weight excluding hydrogens is 237 g/mol. The van der Waals surface area contributed by atoms with Crippen molar-refractivity contribution in [2.75, 3.05) is 13.1 Å². The second-order valence-electron chi connectivity index (χ2n) is 6.41. The third kappa shape index (κ3) is 2.76. The fraction of sp³-hybridized carbons (Fsp3) is 0.923. The van der Waals surface area contributed by atoms with Gasteiger partial charge in [0.2, 0.25) is 0 Å². The molecule has 0 aromatic heterocycles. The molecule has 1 N–H and O–H groups in total. The summed E-state index contributed by atoms with van der Waals surface area (Å²) >= 11 is 0. The van der Waals surface area contributed by atoms with E-state index in [1.54, 1.807) is 20.8 Å². The van der Waals surface area contributed by atoms with Crippen LogP contribution in [0, 0.1) is 5.92 Å². The second kappa shape index (κ2) is 4.37. The third-order valence-corrected chi connectivity index (χ3v) is 3.64. The Labute approximate surface area is 107 Å². The van der Waals surface area contributed by atoms with Crippen molar-refractivity contribution >= 4 is 6.09 Å². The molecule has 1 saturated heterocycles. The number of amides is 1. The minimum atomic E-state index is -1.37. The molecule has 0 aromatic carbocycles. The number of rotatable bonds is 1. The number of alkyl halides is 1. The summed E-state index contributed by atoms with van der Waals surface area (Å²) in [5.41, 5.74) is -1.80. The quantitative estimate of drug-likeness (QED) is 0.784. The van der Waals surface area contributed by atoms with E-state index in [-0.39, 0.29) is 12.5 Å². The minimum Gasteiger partial charge on any atom is -0.444 e. The normalized spacial score (nSPS) is 33.4. The van der Waals surface area contributed by atoms with Crippen molar-refractivity contribution in [3.05, 3.63) is 0 Å². The maximum absolute atomic E-state index is 14.1. The highest BCUT2D eigenvalue weighted by atomic mass is 19.1. The highest BCUT2D eigenvalue weighted by Gasteiger charge is 2.52. The predicted octanol–water partition coefficient (Wildman–Crippen LogP) is 2.11. The van der Waals surface area contributed by atoms with E-state index in [0.717, 1.165) is 12.8 Å². The molecule has 18 heavy (non-hydrogen) atoms. The molecule has 1 heterocycles. The van der Waals surface area contributed by atoms with Crippen molar-refractivity contribution in [3.63, 3.8) is 0 Å². The summed E-state index contributed by atoms with van der Waals surface area (Å²) in [4.78, 5) is 13.2. The topological polar surface area (TPSA) is 49.8 Å². The molecule has 5 heteroatoms. The molecule has 104 valence electrons. The van der Waals surface area contributed by atoms with Gasteiger partial charge in [-0.25, -0.2) is 9.18 Å². The van der Waals surface area contributed by atoms with Crippen LogP contribution in [0.25, 0.3) is 0 Å². The average molecular weight is 259 g/mol. The van der Waals surface area contributed by atoms with Gasteiger partial charge in [0, 0.05) is 6.54 Å². The fourth-order valence-electron chi connectivity index (χ4n) is 2.45. The lowest BCUT2D eigenvalue weighted by Gasteiger charge is -2.41. The molecule has 1 amide bonds. The maximum atomic E-state index is 14.1. The Bertz CT molecular complexity index is 338. The van der Waals surface area contributed by atoms with Gasteiger partial charge in [0.1, 0.15) is 17.4 Å². The SMILES string of the molecule is CC(C)(C)OC(=O)N1CC[C@@](O)(C2CC2)[C@H](F)C1. The minimum absolute atomic E-state index is 0.0675. The number of hydrogen-bond acceptors (Lipinski definition) is 3. The number of hydrogen-bond donors (Lipinski definition) is 1. The first-order valence-electron chi connectivity index (χ1n) is 6.57. The molecule has 1 saturated carbocycles. The van der Waals surface area contributed by atoms with Crippen LogP contribution >= 0.6 is 0 Å². The average Bonchev–Trinajstić information content (AvgIpc) is 3.03. The Morgan fingerprint density at radius 3 is 2.50 bits per heavy atom. The largest absolute Gasteiger partial charge is 0.444 e. The summed E-state index contributed by atoms with van der Waals surface area (Å²) in [5.74, 6) is 0.0771. The van der Waals surface area contributed by atoms with Gasteiger partial charge in [0.15, 0.2) is 0 Å². The van der Waals surface area contributed by atoms with Crippen LogP contribution in [-0.2, 0) is 4.74 Å². The van der Waals surface area contributed by atoms with Crippen LogP contribution in [0.15, 0.2) is 0 Å². The van der Waals surface area contributed by atoms with E-state index in [2.05, 4.69) is 0 Å². The second-order valence-corrected chi connectivity index (χ2v) is 6.41. The van der Waals surface area contributed by atoms with Crippen LogP contribution in [0.1, 0.15) is 40.0 Å².